The Labute approximate surface area is 127 Å². The summed E-state index contributed by atoms with van der Waals surface area (Å²) in [6, 6.07) is 5.21. The van der Waals surface area contributed by atoms with E-state index in [2.05, 4.69) is 0 Å². The maximum Gasteiger partial charge on any atom is 0.246 e. The van der Waals surface area contributed by atoms with Crippen molar-refractivity contribution in [3.8, 4) is 0 Å². The molecule has 20 heavy (non-hydrogen) atoms. The third kappa shape index (κ3) is 3.32. The minimum Gasteiger partial charge on any atom is -0.369 e. The van der Waals surface area contributed by atoms with E-state index in [0.29, 0.717) is 35.1 Å². The predicted molar refractivity (Wildman–Crippen MR) is 79.4 cm³/mol. The summed E-state index contributed by atoms with van der Waals surface area (Å²) in [4.78, 5) is 24.7. The molecular weight excluding hydrogens is 299 g/mol. The lowest BCUT2D eigenvalue weighted by Gasteiger charge is -2.13. The molecule has 1 heterocycles. The van der Waals surface area contributed by atoms with Gasteiger partial charge in [0.1, 0.15) is 0 Å². The summed E-state index contributed by atoms with van der Waals surface area (Å²) in [6.45, 7) is 0.918. The van der Waals surface area contributed by atoms with E-state index in [-0.39, 0.29) is 17.7 Å². The van der Waals surface area contributed by atoms with E-state index in [1.807, 2.05) is 0 Å². The van der Waals surface area contributed by atoms with Crippen LogP contribution in [0, 0.1) is 5.92 Å². The molecular formula is C14H14Cl2N2O2. The van der Waals surface area contributed by atoms with Gasteiger partial charge in [0.2, 0.25) is 11.8 Å². The van der Waals surface area contributed by atoms with Gasteiger partial charge in [0.25, 0.3) is 0 Å². The first-order chi connectivity index (χ1) is 9.49. The Balaban J connectivity index is 2.03. The predicted octanol–water partition coefficient (Wildman–Crippen LogP) is 2.34. The molecule has 1 atom stereocenters. The van der Waals surface area contributed by atoms with Gasteiger partial charge in [0, 0.05) is 19.2 Å². The van der Waals surface area contributed by atoms with Crippen LogP contribution in [0.15, 0.2) is 24.3 Å². The summed E-state index contributed by atoms with van der Waals surface area (Å²) in [5.74, 6) is -0.769. The smallest absolute Gasteiger partial charge is 0.246 e. The second-order valence-corrected chi connectivity index (χ2v) is 5.43. The van der Waals surface area contributed by atoms with E-state index in [1.165, 1.54) is 6.08 Å². The number of nitrogens with two attached hydrogens (primary N) is 1. The minimum absolute atomic E-state index is 0.162. The van der Waals surface area contributed by atoms with Crippen molar-refractivity contribution < 1.29 is 9.59 Å². The molecule has 0 bridgehead atoms. The van der Waals surface area contributed by atoms with Gasteiger partial charge in [0.15, 0.2) is 0 Å². The maximum absolute atomic E-state index is 12.0. The first kappa shape index (κ1) is 14.9. The Hall–Kier alpha value is -1.52. The largest absolute Gasteiger partial charge is 0.369 e. The number of carbonyl (C=O) groups excluding carboxylic acids is 2. The molecule has 0 aliphatic carbocycles. The molecule has 0 radical (unpaired) electrons. The van der Waals surface area contributed by atoms with Crippen LogP contribution in [-0.2, 0) is 9.59 Å². The molecule has 2 N–H and O–H groups in total. The molecule has 4 nitrogen and oxygen atoms in total. The molecule has 0 saturated carbocycles. The quantitative estimate of drug-likeness (QED) is 0.871. The van der Waals surface area contributed by atoms with Crippen molar-refractivity contribution in [2.75, 3.05) is 13.1 Å². The van der Waals surface area contributed by atoms with Gasteiger partial charge in [-0.25, -0.2) is 0 Å². The highest BCUT2D eigenvalue weighted by atomic mass is 35.5. The highest BCUT2D eigenvalue weighted by Gasteiger charge is 2.28. The maximum atomic E-state index is 12.0. The zero-order valence-electron chi connectivity index (χ0n) is 10.7. The normalized spacial score (nSPS) is 18.7. The van der Waals surface area contributed by atoms with Crippen LogP contribution in [0.2, 0.25) is 10.0 Å². The van der Waals surface area contributed by atoms with E-state index < -0.39 is 0 Å². The van der Waals surface area contributed by atoms with Crippen molar-refractivity contribution in [1.82, 2.24) is 4.90 Å². The molecule has 1 aliphatic heterocycles. The van der Waals surface area contributed by atoms with Crippen LogP contribution in [0.1, 0.15) is 12.0 Å². The Morgan fingerprint density at radius 2 is 2.10 bits per heavy atom. The van der Waals surface area contributed by atoms with E-state index >= 15 is 0 Å². The number of rotatable bonds is 3. The second-order valence-electron chi connectivity index (χ2n) is 4.65. The number of primary amides is 1. The molecule has 1 aromatic rings. The van der Waals surface area contributed by atoms with Gasteiger partial charge in [-0.1, -0.05) is 35.3 Å². The molecule has 0 unspecified atom stereocenters. The third-order valence-electron chi connectivity index (χ3n) is 3.29. The number of carbonyl (C=O) groups is 2. The summed E-state index contributed by atoms with van der Waals surface area (Å²) in [6.07, 6.45) is 3.67. The van der Waals surface area contributed by atoms with E-state index in [0.717, 1.165) is 0 Å². The Kier molecular flexibility index (Phi) is 4.68. The molecule has 1 fully saturated rings. The zero-order chi connectivity index (χ0) is 14.7. The average Bonchev–Trinajstić information content (AvgIpc) is 2.90. The fourth-order valence-corrected chi connectivity index (χ4v) is 2.48. The number of benzene rings is 1. The molecule has 2 rings (SSSR count). The number of halogens is 2. The third-order valence-corrected chi connectivity index (χ3v) is 4.12. The second kappa shape index (κ2) is 6.29. The highest BCUT2D eigenvalue weighted by molar-refractivity contribution is 6.42. The summed E-state index contributed by atoms with van der Waals surface area (Å²) < 4.78 is 0. The van der Waals surface area contributed by atoms with Gasteiger partial charge in [-0.2, -0.15) is 0 Å². The van der Waals surface area contributed by atoms with Crippen molar-refractivity contribution in [3.63, 3.8) is 0 Å². The first-order valence-electron chi connectivity index (χ1n) is 6.19. The highest BCUT2D eigenvalue weighted by Crippen LogP contribution is 2.26. The fourth-order valence-electron chi connectivity index (χ4n) is 2.11. The Morgan fingerprint density at radius 3 is 2.75 bits per heavy atom. The molecule has 1 aliphatic rings. The lowest BCUT2D eigenvalue weighted by Crippen LogP contribution is -2.30. The lowest BCUT2D eigenvalue weighted by molar-refractivity contribution is -0.125. The van der Waals surface area contributed by atoms with Crippen LogP contribution in [-0.4, -0.2) is 29.8 Å². The number of hydrogen-bond donors (Lipinski definition) is 1. The van der Waals surface area contributed by atoms with Gasteiger partial charge in [-0.05, 0) is 24.1 Å². The number of hydrogen-bond acceptors (Lipinski definition) is 2. The molecule has 6 heteroatoms. The summed E-state index contributed by atoms with van der Waals surface area (Å²) in [5, 5.41) is 0.853. The number of amides is 2. The topological polar surface area (TPSA) is 63.4 Å². The minimum atomic E-state index is -0.359. The van der Waals surface area contributed by atoms with Crippen LogP contribution < -0.4 is 5.73 Å². The standard InChI is InChI=1S/C14H14Cl2N2O2/c15-11-3-1-2-9(13(11)16)4-5-12(19)18-7-6-10(8-18)14(17)20/h1-5,10H,6-8H2,(H2,17,20)/b5-4-/t10-/m1/s1. The SMILES string of the molecule is NC(=O)[C@@H]1CCN(C(=O)/C=C\c2cccc(Cl)c2Cl)C1. The van der Waals surface area contributed by atoms with Gasteiger partial charge in [-0.3, -0.25) is 9.59 Å². The van der Waals surface area contributed by atoms with Gasteiger partial charge < -0.3 is 10.6 Å². The van der Waals surface area contributed by atoms with Crippen molar-refractivity contribution in [2.45, 2.75) is 6.42 Å². The Bertz CT molecular complexity index is 572. The molecule has 1 saturated heterocycles. The van der Waals surface area contributed by atoms with Crippen LogP contribution in [0.4, 0.5) is 0 Å². The van der Waals surface area contributed by atoms with Crippen molar-refractivity contribution >= 4 is 41.1 Å². The number of nitrogens with zero attached hydrogens (tertiary/aromatic N) is 1. The monoisotopic (exact) mass is 312 g/mol. The van der Waals surface area contributed by atoms with Gasteiger partial charge in [-0.15, -0.1) is 0 Å². The van der Waals surface area contributed by atoms with Crippen molar-refractivity contribution in [1.29, 1.82) is 0 Å². The summed E-state index contributed by atoms with van der Waals surface area (Å²) in [7, 11) is 0. The van der Waals surface area contributed by atoms with Gasteiger partial charge in [0.05, 0.1) is 16.0 Å². The Morgan fingerprint density at radius 1 is 1.35 bits per heavy atom. The molecule has 0 aromatic heterocycles. The lowest BCUT2D eigenvalue weighted by atomic mass is 10.1. The van der Waals surface area contributed by atoms with E-state index in [4.69, 9.17) is 28.9 Å². The van der Waals surface area contributed by atoms with Crippen LogP contribution in [0.25, 0.3) is 6.08 Å². The van der Waals surface area contributed by atoms with E-state index in [1.54, 1.807) is 29.2 Å². The average molecular weight is 313 g/mol. The van der Waals surface area contributed by atoms with Crippen molar-refractivity contribution in [2.24, 2.45) is 11.7 Å². The van der Waals surface area contributed by atoms with Crippen LogP contribution in [0.5, 0.6) is 0 Å². The number of likely N-dealkylation sites (tertiary alicyclic amines) is 1. The van der Waals surface area contributed by atoms with Crippen molar-refractivity contribution in [3.05, 3.63) is 39.9 Å². The first-order valence-corrected chi connectivity index (χ1v) is 6.95. The fraction of sp³-hybridized carbons (Fsp3) is 0.286. The summed E-state index contributed by atoms with van der Waals surface area (Å²) >= 11 is 11.9. The van der Waals surface area contributed by atoms with Gasteiger partial charge >= 0.3 is 0 Å². The van der Waals surface area contributed by atoms with E-state index in [9.17, 15) is 9.59 Å². The molecule has 0 spiro atoms. The molecule has 1 aromatic carbocycles. The van der Waals surface area contributed by atoms with Crippen LogP contribution in [0.3, 0.4) is 0 Å². The van der Waals surface area contributed by atoms with Crippen LogP contribution >= 0.6 is 23.2 Å². The summed E-state index contributed by atoms with van der Waals surface area (Å²) in [5.41, 5.74) is 5.91. The molecule has 2 amide bonds. The zero-order valence-corrected chi connectivity index (χ0v) is 12.2. The molecule has 106 valence electrons.